The summed E-state index contributed by atoms with van der Waals surface area (Å²) in [6, 6.07) is 0.0729. The minimum atomic E-state index is -0.0359. The van der Waals surface area contributed by atoms with Crippen molar-refractivity contribution in [2.24, 2.45) is 10.7 Å². The number of carbonyl (C=O) groups excluding carboxylic acids is 1. The highest BCUT2D eigenvalue weighted by Crippen LogP contribution is 2.20. The Hall–Kier alpha value is -1.88. The number of piperidine rings is 1. The summed E-state index contributed by atoms with van der Waals surface area (Å²) in [4.78, 5) is 20.2. The van der Waals surface area contributed by atoms with Crippen molar-refractivity contribution in [1.82, 2.24) is 9.80 Å². The van der Waals surface area contributed by atoms with Gasteiger partial charge in [-0.1, -0.05) is 12.7 Å². The van der Waals surface area contributed by atoms with Crippen molar-refractivity contribution in [2.75, 3.05) is 13.1 Å². The number of likely N-dealkylation sites (tertiary alicyclic amines) is 1. The molecule has 0 radical (unpaired) electrons. The van der Waals surface area contributed by atoms with E-state index in [0.717, 1.165) is 25.1 Å². The molecule has 1 fully saturated rings. The smallest absolute Gasteiger partial charge is 0.272 e. The largest absolute Gasteiger partial charge is 0.336 e. The number of nitrogens with two attached hydrogens (primary N) is 1. The van der Waals surface area contributed by atoms with Crippen molar-refractivity contribution in [3.8, 4) is 0 Å². The lowest BCUT2D eigenvalue weighted by Crippen LogP contribution is -2.47. The van der Waals surface area contributed by atoms with Crippen LogP contribution in [0.4, 0.5) is 0 Å². The van der Waals surface area contributed by atoms with Crippen LogP contribution in [0, 0.1) is 0 Å². The minimum absolute atomic E-state index is 0.0359. The summed E-state index contributed by atoms with van der Waals surface area (Å²) in [5, 5.41) is 0. The van der Waals surface area contributed by atoms with E-state index in [0.29, 0.717) is 12.2 Å². The van der Waals surface area contributed by atoms with Crippen LogP contribution >= 0.6 is 0 Å². The molecular formula is C14H20N4O. The first-order valence-electron chi connectivity index (χ1n) is 6.53. The van der Waals surface area contributed by atoms with E-state index < -0.39 is 0 Å². The molecule has 19 heavy (non-hydrogen) atoms. The number of carbonyl (C=O) groups is 1. The number of hydrogen-bond donors (Lipinski definition) is 1. The molecule has 102 valence electrons. The fraction of sp³-hybridized carbons (Fsp3) is 0.429. The van der Waals surface area contributed by atoms with Gasteiger partial charge >= 0.3 is 0 Å². The summed E-state index contributed by atoms with van der Waals surface area (Å²) in [7, 11) is 0. The molecule has 0 bridgehead atoms. The Kier molecular flexibility index (Phi) is 4.16. The molecule has 0 aromatic heterocycles. The lowest BCUT2D eigenvalue weighted by molar-refractivity contribution is -0.129. The maximum Gasteiger partial charge on any atom is 0.272 e. The van der Waals surface area contributed by atoms with Gasteiger partial charge in [0.2, 0.25) is 0 Å². The average Bonchev–Trinajstić information content (AvgIpc) is 2.45. The summed E-state index contributed by atoms with van der Waals surface area (Å²) in [5.74, 6) is -0.0359. The van der Waals surface area contributed by atoms with Crippen LogP contribution in [0.3, 0.4) is 0 Å². The number of allylic oxidation sites excluding steroid dienone is 2. The van der Waals surface area contributed by atoms with E-state index in [4.69, 9.17) is 5.73 Å². The zero-order chi connectivity index (χ0) is 13.8. The third kappa shape index (κ3) is 2.76. The molecule has 1 unspecified atom stereocenters. The van der Waals surface area contributed by atoms with Gasteiger partial charge in [-0.2, -0.15) is 0 Å². The first kappa shape index (κ1) is 13.5. The van der Waals surface area contributed by atoms with Crippen molar-refractivity contribution < 1.29 is 4.79 Å². The number of aliphatic imine (C=N–C) groups is 1. The van der Waals surface area contributed by atoms with Crippen LogP contribution in [0.1, 0.15) is 19.8 Å². The molecule has 1 saturated heterocycles. The van der Waals surface area contributed by atoms with E-state index in [-0.39, 0.29) is 11.9 Å². The van der Waals surface area contributed by atoms with Crippen LogP contribution < -0.4 is 5.73 Å². The highest BCUT2D eigenvalue weighted by molar-refractivity contribution is 5.96. The predicted molar refractivity (Wildman–Crippen MR) is 76.2 cm³/mol. The average molecular weight is 260 g/mol. The molecule has 2 N–H and O–H groups in total. The third-order valence-electron chi connectivity index (χ3n) is 3.38. The van der Waals surface area contributed by atoms with Crippen LogP contribution in [0.2, 0.25) is 0 Å². The van der Waals surface area contributed by atoms with Gasteiger partial charge in [0.15, 0.2) is 0 Å². The lowest BCUT2D eigenvalue weighted by atomic mass is 10.1. The van der Waals surface area contributed by atoms with Gasteiger partial charge in [0.05, 0.1) is 18.1 Å². The topological polar surface area (TPSA) is 61.9 Å². The summed E-state index contributed by atoms with van der Waals surface area (Å²) in [6.45, 7) is 7.03. The quantitative estimate of drug-likeness (QED) is 0.812. The maximum absolute atomic E-state index is 12.5. The van der Waals surface area contributed by atoms with E-state index in [1.54, 1.807) is 28.4 Å². The molecule has 2 aliphatic rings. The lowest BCUT2D eigenvalue weighted by Gasteiger charge is -2.34. The molecule has 0 spiro atoms. The number of hydrogen-bond acceptors (Lipinski definition) is 4. The molecule has 5 nitrogen and oxygen atoms in total. The SMILES string of the molecule is C=CN1C(C(=O)N2CCCC(N)C2)=CN=C/C1=C/C. The second-order valence-corrected chi connectivity index (χ2v) is 4.71. The molecule has 1 amide bonds. The van der Waals surface area contributed by atoms with Gasteiger partial charge in [-0.3, -0.25) is 9.79 Å². The first-order valence-corrected chi connectivity index (χ1v) is 6.53. The molecule has 2 aliphatic heterocycles. The van der Waals surface area contributed by atoms with E-state index in [2.05, 4.69) is 11.6 Å². The van der Waals surface area contributed by atoms with Crippen LogP contribution in [-0.2, 0) is 4.79 Å². The van der Waals surface area contributed by atoms with Crippen molar-refractivity contribution in [1.29, 1.82) is 0 Å². The fourth-order valence-corrected chi connectivity index (χ4v) is 2.38. The summed E-state index contributed by atoms with van der Waals surface area (Å²) >= 11 is 0. The molecule has 0 saturated carbocycles. The Bertz CT molecular complexity index is 464. The maximum atomic E-state index is 12.5. The molecule has 0 aromatic carbocycles. The van der Waals surface area contributed by atoms with Crippen LogP contribution in [0.5, 0.6) is 0 Å². The minimum Gasteiger partial charge on any atom is -0.336 e. The molecule has 2 heterocycles. The van der Waals surface area contributed by atoms with Gasteiger partial charge < -0.3 is 15.5 Å². The third-order valence-corrected chi connectivity index (χ3v) is 3.38. The summed E-state index contributed by atoms with van der Waals surface area (Å²) in [6.07, 6.45) is 8.75. The zero-order valence-corrected chi connectivity index (χ0v) is 11.2. The molecule has 2 rings (SSSR count). The van der Waals surface area contributed by atoms with Gasteiger partial charge in [0.1, 0.15) is 5.70 Å². The van der Waals surface area contributed by atoms with Crippen LogP contribution in [-0.4, -0.2) is 41.1 Å². The second kappa shape index (κ2) is 5.84. The number of amides is 1. The monoisotopic (exact) mass is 260 g/mol. The first-order chi connectivity index (χ1) is 9.17. The molecule has 0 aliphatic carbocycles. The van der Waals surface area contributed by atoms with Gasteiger partial charge in [0.25, 0.3) is 5.91 Å². The van der Waals surface area contributed by atoms with Crippen LogP contribution in [0.25, 0.3) is 0 Å². The summed E-state index contributed by atoms with van der Waals surface area (Å²) < 4.78 is 0. The molecule has 0 aromatic rings. The Morgan fingerprint density at radius 2 is 2.42 bits per heavy atom. The van der Waals surface area contributed by atoms with Crippen molar-refractivity contribution in [3.63, 3.8) is 0 Å². The predicted octanol–water partition coefficient (Wildman–Crippen LogP) is 1.21. The van der Waals surface area contributed by atoms with Crippen molar-refractivity contribution in [2.45, 2.75) is 25.8 Å². The standard InChI is InChI=1S/C14H20N4O/c1-3-12-8-16-9-13(18(12)4-2)14(19)17-7-5-6-11(15)10-17/h3-4,8-9,11H,2,5-7,10,15H2,1H3/b12-3-. The molecule has 1 atom stereocenters. The zero-order valence-electron chi connectivity index (χ0n) is 11.2. The second-order valence-electron chi connectivity index (χ2n) is 4.71. The highest BCUT2D eigenvalue weighted by atomic mass is 16.2. The van der Waals surface area contributed by atoms with Gasteiger partial charge in [0, 0.05) is 25.3 Å². The Labute approximate surface area is 113 Å². The highest BCUT2D eigenvalue weighted by Gasteiger charge is 2.28. The number of rotatable bonds is 2. The van der Waals surface area contributed by atoms with Gasteiger partial charge in [-0.15, -0.1) is 0 Å². The number of nitrogens with zero attached hydrogens (tertiary/aromatic N) is 3. The molecular weight excluding hydrogens is 240 g/mol. The van der Waals surface area contributed by atoms with E-state index in [9.17, 15) is 4.79 Å². The van der Waals surface area contributed by atoms with Crippen molar-refractivity contribution in [3.05, 3.63) is 36.4 Å². The fourth-order valence-electron chi connectivity index (χ4n) is 2.38. The van der Waals surface area contributed by atoms with Gasteiger partial charge in [-0.25, -0.2) is 0 Å². The Morgan fingerprint density at radius 3 is 3.05 bits per heavy atom. The molecule has 5 heteroatoms. The Morgan fingerprint density at radius 1 is 1.63 bits per heavy atom. The Balaban J connectivity index is 2.20. The summed E-state index contributed by atoms with van der Waals surface area (Å²) in [5.41, 5.74) is 7.30. The van der Waals surface area contributed by atoms with Gasteiger partial charge in [-0.05, 0) is 19.8 Å². The van der Waals surface area contributed by atoms with E-state index in [1.165, 1.54) is 0 Å². The van der Waals surface area contributed by atoms with E-state index >= 15 is 0 Å². The van der Waals surface area contributed by atoms with Crippen molar-refractivity contribution >= 4 is 12.1 Å². The van der Waals surface area contributed by atoms with E-state index in [1.807, 2.05) is 13.0 Å². The normalized spacial score (nSPS) is 25.5. The van der Waals surface area contributed by atoms with Crippen LogP contribution in [0.15, 0.2) is 41.4 Å².